The van der Waals surface area contributed by atoms with Gasteiger partial charge < -0.3 is 9.64 Å². The van der Waals surface area contributed by atoms with Crippen LogP contribution in [0.5, 0.6) is 5.75 Å². The van der Waals surface area contributed by atoms with Crippen LogP contribution in [0.3, 0.4) is 0 Å². The molecule has 9 heteroatoms. The third-order valence-electron chi connectivity index (χ3n) is 6.15. The number of sulfonamides is 1. The average molecular weight is 509 g/mol. The van der Waals surface area contributed by atoms with E-state index in [1.165, 1.54) is 22.5 Å². The van der Waals surface area contributed by atoms with Gasteiger partial charge in [-0.2, -0.15) is 4.31 Å². The molecule has 1 aromatic heterocycles. The van der Waals surface area contributed by atoms with Crippen molar-refractivity contribution in [3.05, 3.63) is 46.2 Å². The summed E-state index contributed by atoms with van der Waals surface area (Å²) >= 11 is 3.38. The van der Waals surface area contributed by atoms with Gasteiger partial charge in [-0.1, -0.05) is 6.07 Å². The van der Waals surface area contributed by atoms with Gasteiger partial charge in [-0.15, -0.1) is 0 Å². The van der Waals surface area contributed by atoms with E-state index in [9.17, 15) is 8.42 Å². The lowest BCUT2D eigenvalue weighted by atomic mass is 9.92. The third-order valence-corrected chi connectivity index (χ3v) is 7.81. The highest BCUT2D eigenvalue weighted by Crippen LogP contribution is 2.27. The van der Waals surface area contributed by atoms with Crippen LogP contribution in [0.15, 0.2) is 35.1 Å². The van der Waals surface area contributed by atoms with E-state index in [4.69, 9.17) is 4.74 Å². The van der Waals surface area contributed by atoms with Gasteiger partial charge in [0.2, 0.25) is 16.0 Å². The van der Waals surface area contributed by atoms with E-state index in [2.05, 4.69) is 36.9 Å². The molecule has 1 aromatic carbocycles. The van der Waals surface area contributed by atoms with Crippen molar-refractivity contribution in [3.63, 3.8) is 0 Å². The minimum absolute atomic E-state index is 0.457. The number of ether oxygens (including phenoxy) is 1. The maximum Gasteiger partial charge on any atom is 0.225 e. The molecular formula is C22H29BrN4O3S. The molecule has 0 aliphatic carbocycles. The highest BCUT2D eigenvalue weighted by Gasteiger charge is 2.23. The average Bonchev–Trinajstić information content (AvgIpc) is 2.77. The molecule has 0 radical (unpaired) electrons. The minimum atomic E-state index is -3.14. The molecule has 0 N–H and O–H groups in total. The maximum atomic E-state index is 11.8. The normalized spacial score (nSPS) is 18.1. The molecule has 1 fully saturated rings. The van der Waals surface area contributed by atoms with E-state index >= 15 is 0 Å². The zero-order chi connectivity index (χ0) is 21.8. The van der Waals surface area contributed by atoms with Crippen LogP contribution in [0.2, 0.25) is 0 Å². The topological polar surface area (TPSA) is 75.6 Å². The van der Waals surface area contributed by atoms with Gasteiger partial charge in [0.1, 0.15) is 5.75 Å². The second-order valence-electron chi connectivity index (χ2n) is 8.40. The summed E-state index contributed by atoms with van der Waals surface area (Å²) in [5.41, 5.74) is 2.27. The van der Waals surface area contributed by atoms with Crippen molar-refractivity contribution in [1.29, 1.82) is 0 Å². The molecule has 168 valence electrons. The summed E-state index contributed by atoms with van der Waals surface area (Å²) in [4.78, 5) is 11.1. The summed E-state index contributed by atoms with van der Waals surface area (Å²) < 4.78 is 31.9. The predicted octanol–water partition coefficient (Wildman–Crippen LogP) is 3.63. The molecule has 0 unspecified atom stereocenters. The van der Waals surface area contributed by atoms with Gasteiger partial charge in [-0.25, -0.2) is 18.4 Å². The Hall–Kier alpha value is -1.71. The largest absolute Gasteiger partial charge is 0.494 e. The first-order valence-corrected chi connectivity index (χ1v) is 13.4. The SMILES string of the molecule is CS(=O)(=O)N1CCc2cc(OCCCC3CCN(c4ncc(Br)cn4)CC3)ccc2C1. The number of hydrogen-bond donors (Lipinski definition) is 0. The van der Waals surface area contributed by atoms with Crippen molar-refractivity contribution in [2.45, 2.75) is 38.6 Å². The zero-order valence-corrected chi connectivity index (χ0v) is 20.2. The fourth-order valence-corrected chi connectivity index (χ4v) is 5.33. The molecule has 2 aliphatic heterocycles. The first-order valence-electron chi connectivity index (χ1n) is 10.8. The Morgan fingerprint density at radius 3 is 2.58 bits per heavy atom. The summed E-state index contributed by atoms with van der Waals surface area (Å²) in [6.45, 7) is 3.72. The molecule has 4 rings (SSSR count). The van der Waals surface area contributed by atoms with Gasteiger partial charge >= 0.3 is 0 Å². The molecule has 3 heterocycles. The van der Waals surface area contributed by atoms with Crippen molar-refractivity contribution in [2.75, 3.05) is 37.4 Å². The van der Waals surface area contributed by atoms with Gasteiger partial charge in [0.25, 0.3) is 0 Å². The van der Waals surface area contributed by atoms with Crippen LogP contribution in [0.4, 0.5) is 5.95 Å². The Bertz CT molecular complexity index is 992. The van der Waals surface area contributed by atoms with E-state index < -0.39 is 10.0 Å². The highest BCUT2D eigenvalue weighted by molar-refractivity contribution is 9.10. The lowest BCUT2D eigenvalue weighted by Crippen LogP contribution is -2.35. The van der Waals surface area contributed by atoms with E-state index in [0.29, 0.717) is 19.7 Å². The molecule has 31 heavy (non-hydrogen) atoms. The monoisotopic (exact) mass is 508 g/mol. The van der Waals surface area contributed by atoms with Gasteiger partial charge in [0.05, 0.1) is 17.3 Å². The molecule has 0 bridgehead atoms. The zero-order valence-electron chi connectivity index (χ0n) is 17.8. The van der Waals surface area contributed by atoms with Crippen molar-refractivity contribution in [3.8, 4) is 5.75 Å². The fraction of sp³-hybridized carbons (Fsp3) is 0.545. The second kappa shape index (κ2) is 9.83. The number of hydrogen-bond acceptors (Lipinski definition) is 6. The highest BCUT2D eigenvalue weighted by atomic mass is 79.9. The third kappa shape index (κ3) is 5.96. The second-order valence-corrected chi connectivity index (χ2v) is 11.3. The molecule has 0 saturated carbocycles. The van der Waals surface area contributed by atoms with Crippen LogP contribution in [-0.4, -0.2) is 55.2 Å². The van der Waals surface area contributed by atoms with Crippen LogP contribution in [0, 0.1) is 5.92 Å². The number of halogens is 1. The van der Waals surface area contributed by atoms with E-state index in [1.807, 2.05) is 12.1 Å². The molecular weight excluding hydrogens is 480 g/mol. The summed E-state index contributed by atoms with van der Waals surface area (Å²) in [6.07, 6.45) is 10.1. The number of fused-ring (bicyclic) bond motifs is 1. The summed E-state index contributed by atoms with van der Waals surface area (Å²) in [5.74, 6) is 2.42. The van der Waals surface area contributed by atoms with Crippen molar-refractivity contribution in [1.82, 2.24) is 14.3 Å². The van der Waals surface area contributed by atoms with Crippen molar-refractivity contribution < 1.29 is 13.2 Å². The summed E-state index contributed by atoms with van der Waals surface area (Å²) in [6, 6.07) is 6.04. The van der Waals surface area contributed by atoms with Gasteiger partial charge in [-0.05, 0) is 77.2 Å². The first-order chi connectivity index (χ1) is 14.9. The number of rotatable bonds is 7. The van der Waals surface area contributed by atoms with E-state index in [-0.39, 0.29) is 0 Å². The number of piperidine rings is 1. The van der Waals surface area contributed by atoms with Gasteiger partial charge in [0.15, 0.2) is 0 Å². The first kappa shape index (κ1) is 22.5. The molecule has 2 aromatic rings. The summed E-state index contributed by atoms with van der Waals surface area (Å²) in [5, 5.41) is 0. The Morgan fingerprint density at radius 1 is 1.13 bits per heavy atom. The summed E-state index contributed by atoms with van der Waals surface area (Å²) in [7, 11) is -3.14. The van der Waals surface area contributed by atoms with Crippen LogP contribution in [-0.2, 0) is 23.0 Å². The molecule has 0 amide bonds. The molecule has 1 saturated heterocycles. The molecule has 0 atom stereocenters. The molecule has 0 spiro atoms. The van der Waals surface area contributed by atoms with Crippen molar-refractivity contribution in [2.24, 2.45) is 5.92 Å². The predicted molar refractivity (Wildman–Crippen MR) is 125 cm³/mol. The lowest BCUT2D eigenvalue weighted by molar-refractivity contribution is 0.278. The van der Waals surface area contributed by atoms with E-state index in [0.717, 1.165) is 66.4 Å². The number of aromatic nitrogens is 2. The van der Waals surface area contributed by atoms with Crippen LogP contribution in [0.25, 0.3) is 0 Å². The fourth-order valence-electron chi connectivity index (χ4n) is 4.33. The van der Waals surface area contributed by atoms with Crippen LogP contribution < -0.4 is 9.64 Å². The lowest BCUT2D eigenvalue weighted by Gasteiger charge is -2.32. The van der Waals surface area contributed by atoms with Gasteiger partial charge in [0, 0.05) is 38.6 Å². The van der Waals surface area contributed by atoms with Gasteiger partial charge in [-0.3, -0.25) is 0 Å². The smallest absolute Gasteiger partial charge is 0.225 e. The molecule has 2 aliphatic rings. The van der Waals surface area contributed by atoms with Crippen molar-refractivity contribution >= 4 is 31.9 Å². The minimum Gasteiger partial charge on any atom is -0.494 e. The number of nitrogens with zero attached hydrogens (tertiary/aromatic N) is 4. The Kier molecular flexibility index (Phi) is 7.13. The van der Waals surface area contributed by atoms with Crippen LogP contribution >= 0.6 is 15.9 Å². The quantitative estimate of drug-likeness (QED) is 0.531. The van der Waals surface area contributed by atoms with E-state index in [1.54, 1.807) is 12.4 Å². The number of benzene rings is 1. The molecule has 7 nitrogen and oxygen atoms in total. The Balaban J connectivity index is 1.18. The number of anilines is 1. The van der Waals surface area contributed by atoms with Crippen LogP contribution in [0.1, 0.15) is 36.8 Å². The standard InChI is InChI=1S/C22H29BrN4O3S/c1-31(28,29)27-11-8-18-13-21(5-4-19(18)16-27)30-12-2-3-17-6-9-26(10-7-17)22-24-14-20(23)15-25-22/h4-5,13-15,17H,2-3,6-12,16H2,1H3. The maximum absolute atomic E-state index is 11.8. The Labute approximate surface area is 193 Å². The Morgan fingerprint density at radius 2 is 1.87 bits per heavy atom.